The Hall–Kier alpha value is -3.25. The van der Waals surface area contributed by atoms with E-state index in [2.05, 4.69) is 16.0 Å². The van der Waals surface area contributed by atoms with Crippen LogP contribution in [0.15, 0.2) is 67.0 Å². The van der Waals surface area contributed by atoms with Gasteiger partial charge in [0.2, 0.25) is 0 Å². The number of pyridine rings is 2. The Morgan fingerprint density at radius 3 is 1.91 bits per heavy atom. The zero-order valence-electron chi connectivity index (χ0n) is 11.7. The molecule has 0 unspecified atom stereocenters. The molecule has 0 N–H and O–H groups in total. The lowest BCUT2D eigenvalue weighted by molar-refractivity contribution is 1.26. The number of hydrogen-bond acceptors (Lipinski definition) is 3. The van der Waals surface area contributed by atoms with E-state index in [-0.39, 0.29) is 0 Å². The fraction of sp³-hybridized carbons (Fsp3) is 0. The molecule has 0 saturated carbocycles. The molecular formula is C19H11N3. The summed E-state index contributed by atoms with van der Waals surface area (Å²) in [6, 6.07) is 19.9. The van der Waals surface area contributed by atoms with Gasteiger partial charge in [-0.05, 0) is 17.7 Å². The predicted molar refractivity (Wildman–Crippen MR) is 85.4 cm³/mol. The molecule has 0 radical (unpaired) electrons. The van der Waals surface area contributed by atoms with Crippen LogP contribution in [-0.2, 0) is 0 Å². The van der Waals surface area contributed by atoms with Crippen molar-refractivity contribution in [1.29, 1.82) is 5.26 Å². The topological polar surface area (TPSA) is 49.6 Å². The van der Waals surface area contributed by atoms with Crippen molar-refractivity contribution in [2.75, 3.05) is 0 Å². The Bertz CT molecular complexity index is 887. The van der Waals surface area contributed by atoms with E-state index in [1.807, 2.05) is 54.6 Å². The van der Waals surface area contributed by atoms with Gasteiger partial charge in [-0.3, -0.25) is 9.97 Å². The van der Waals surface area contributed by atoms with E-state index in [4.69, 9.17) is 0 Å². The summed E-state index contributed by atoms with van der Waals surface area (Å²) in [6.45, 7) is 0. The van der Waals surface area contributed by atoms with Gasteiger partial charge in [-0.15, -0.1) is 0 Å². The molecular weight excluding hydrogens is 270 g/mol. The molecule has 2 aromatic heterocycles. The standard InChI is InChI=1S/C19H11N3/c20-12-16(13-6-2-1-3-7-13)17-14-8-4-10-21-18(14)19-15(17)9-5-11-22-19/h1-11H. The van der Waals surface area contributed by atoms with Crippen LogP contribution in [0.25, 0.3) is 22.5 Å². The van der Waals surface area contributed by atoms with E-state index in [1.165, 1.54) is 0 Å². The lowest BCUT2D eigenvalue weighted by Crippen LogP contribution is -1.90. The highest BCUT2D eigenvalue weighted by Crippen LogP contribution is 2.44. The van der Waals surface area contributed by atoms with Crippen molar-refractivity contribution in [2.45, 2.75) is 0 Å². The van der Waals surface area contributed by atoms with Crippen LogP contribution in [0.3, 0.4) is 0 Å². The van der Waals surface area contributed by atoms with Gasteiger partial charge in [0.1, 0.15) is 6.07 Å². The molecule has 0 fully saturated rings. The van der Waals surface area contributed by atoms with Crippen LogP contribution in [0.2, 0.25) is 0 Å². The Morgan fingerprint density at radius 1 is 0.773 bits per heavy atom. The van der Waals surface area contributed by atoms with Crippen LogP contribution in [0, 0.1) is 11.3 Å². The SMILES string of the molecule is N#CC(=C1c2cccnc2-c2ncccc21)c1ccccc1. The van der Waals surface area contributed by atoms with Crippen LogP contribution in [0.4, 0.5) is 0 Å². The van der Waals surface area contributed by atoms with Gasteiger partial charge < -0.3 is 0 Å². The number of benzene rings is 1. The molecule has 0 saturated heterocycles. The average Bonchev–Trinajstić information content (AvgIpc) is 2.92. The zero-order valence-corrected chi connectivity index (χ0v) is 11.7. The number of rotatable bonds is 1. The van der Waals surface area contributed by atoms with Gasteiger partial charge in [0, 0.05) is 29.1 Å². The fourth-order valence-electron chi connectivity index (χ4n) is 2.88. The largest absolute Gasteiger partial charge is 0.254 e. The van der Waals surface area contributed by atoms with Crippen molar-refractivity contribution >= 4 is 11.1 Å². The highest BCUT2D eigenvalue weighted by Gasteiger charge is 2.28. The molecule has 3 heteroatoms. The molecule has 3 aromatic rings. The second-order valence-corrected chi connectivity index (χ2v) is 5.03. The zero-order chi connectivity index (χ0) is 14.9. The van der Waals surface area contributed by atoms with Crippen molar-refractivity contribution < 1.29 is 0 Å². The van der Waals surface area contributed by atoms with E-state index in [0.29, 0.717) is 5.57 Å². The highest BCUT2D eigenvalue weighted by atomic mass is 14.8. The summed E-state index contributed by atoms with van der Waals surface area (Å²) in [5.41, 5.74) is 6.11. The van der Waals surface area contributed by atoms with Gasteiger partial charge in [-0.2, -0.15) is 5.26 Å². The monoisotopic (exact) mass is 281 g/mol. The van der Waals surface area contributed by atoms with Gasteiger partial charge in [-0.1, -0.05) is 42.5 Å². The first kappa shape index (κ1) is 12.5. The van der Waals surface area contributed by atoms with Crippen LogP contribution in [0.5, 0.6) is 0 Å². The van der Waals surface area contributed by atoms with Crippen molar-refractivity contribution in [3.63, 3.8) is 0 Å². The molecule has 3 nitrogen and oxygen atoms in total. The van der Waals surface area contributed by atoms with Crippen molar-refractivity contribution in [1.82, 2.24) is 9.97 Å². The van der Waals surface area contributed by atoms with Crippen LogP contribution < -0.4 is 0 Å². The average molecular weight is 281 g/mol. The molecule has 1 aromatic carbocycles. The summed E-state index contributed by atoms with van der Waals surface area (Å²) < 4.78 is 0. The molecule has 22 heavy (non-hydrogen) atoms. The molecule has 0 aliphatic heterocycles. The smallest absolute Gasteiger partial charge is 0.100 e. The van der Waals surface area contributed by atoms with Gasteiger partial charge in [0.05, 0.1) is 17.0 Å². The predicted octanol–water partition coefficient (Wildman–Crippen LogP) is 3.94. The summed E-state index contributed by atoms with van der Waals surface area (Å²) in [6.07, 6.45) is 3.52. The third-order valence-electron chi connectivity index (χ3n) is 3.80. The molecule has 1 aliphatic carbocycles. The number of hydrogen-bond donors (Lipinski definition) is 0. The molecule has 102 valence electrons. The maximum atomic E-state index is 9.74. The first-order valence-electron chi connectivity index (χ1n) is 7.01. The molecule has 0 spiro atoms. The first-order valence-corrected chi connectivity index (χ1v) is 7.01. The molecule has 4 rings (SSSR count). The number of nitriles is 1. The third-order valence-corrected chi connectivity index (χ3v) is 3.80. The molecule has 0 atom stereocenters. The normalized spacial score (nSPS) is 11.5. The molecule has 0 bridgehead atoms. The number of aromatic nitrogens is 2. The minimum atomic E-state index is 0.654. The van der Waals surface area contributed by atoms with Crippen molar-refractivity contribution in [2.24, 2.45) is 0 Å². The quantitative estimate of drug-likeness (QED) is 0.496. The minimum absolute atomic E-state index is 0.654. The van der Waals surface area contributed by atoms with E-state index in [0.717, 1.165) is 33.7 Å². The van der Waals surface area contributed by atoms with Gasteiger partial charge in [-0.25, -0.2) is 0 Å². The summed E-state index contributed by atoms with van der Waals surface area (Å²) in [4.78, 5) is 8.91. The molecule has 1 aliphatic rings. The Labute approximate surface area is 128 Å². The van der Waals surface area contributed by atoms with Gasteiger partial charge in [0.15, 0.2) is 0 Å². The van der Waals surface area contributed by atoms with Crippen LogP contribution in [0.1, 0.15) is 16.7 Å². The number of fused-ring (bicyclic) bond motifs is 3. The van der Waals surface area contributed by atoms with Crippen molar-refractivity contribution in [3.8, 4) is 17.5 Å². The maximum Gasteiger partial charge on any atom is 0.100 e. The summed E-state index contributed by atoms with van der Waals surface area (Å²) in [5.74, 6) is 0. The lowest BCUT2D eigenvalue weighted by atomic mass is 9.95. The Morgan fingerprint density at radius 2 is 1.36 bits per heavy atom. The Kier molecular flexibility index (Phi) is 2.80. The van der Waals surface area contributed by atoms with Gasteiger partial charge >= 0.3 is 0 Å². The first-order chi connectivity index (χ1) is 10.9. The maximum absolute atomic E-state index is 9.74. The summed E-state index contributed by atoms with van der Waals surface area (Å²) in [5, 5.41) is 9.74. The Balaban J connectivity index is 2.11. The van der Waals surface area contributed by atoms with Crippen LogP contribution in [-0.4, -0.2) is 9.97 Å². The summed E-state index contributed by atoms with van der Waals surface area (Å²) in [7, 11) is 0. The second-order valence-electron chi connectivity index (χ2n) is 5.03. The van der Waals surface area contributed by atoms with E-state index >= 15 is 0 Å². The highest BCUT2D eigenvalue weighted by molar-refractivity contribution is 6.11. The van der Waals surface area contributed by atoms with Crippen LogP contribution >= 0.6 is 0 Å². The summed E-state index contributed by atoms with van der Waals surface area (Å²) >= 11 is 0. The van der Waals surface area contributed by atoms with E-state index in [1.54, 1.807) is 12.4 Å². The fourth-order valence-corrected chi connectivity index (χ4v) is 2.88. The lowest BCUT2D eigenvalue weighted by Gasteiger charge is -2.07. The second kappa shape index (κ2) is 4.94. The molecule has 0 amide bonds. The van der Waals surface area contributed by atoms with Gasteiger partial charge in [0.25, 0.3) is 0 Å². The number of allylic oxidation sites excluding steroid dienone is 1. The van der Waals surface area contributed by atoms with Crippen molar-refractivity contribution in [3.05, 3.63) is 83.7 Å². The third kappa shape index (κ3) is 1.75. The van der Waals surface area contributed by atoms with E-state index < -0.39 is 0 Å². The molecule has 2 heterocycles. The number of nitrogens with zero attached hydrogens (tertiary/aromatic N) is 3. The minimum Gasteiger partial charge on any atom is -0.254 e. The van der Waals surface area contributed by atoms with E-state index in [9.17, 15) is 5.26 Å².